The van der Waals surface area contributed by atoms with Crippen LogP contribution >= 0.6 is 17.0 Å². The second-order valence-corrected chi connectivity index (χ2v) is 23.7. The van der Waals surface area contributed by atoms with E-state index >= 15 is 0 Å². The summed E-state index contributed by atoms with van der Waals surface area (Å²) in [4.78, 5) is 0. The maximum absolute atomic E-state index is 4.93. The van der Waals surface area contributed by atoms with Crippen molar-refractivity contribution in [2.75, 3.05) is 0 Å². The van der Waals surface area contributed by atoms with E-state index in [0.717, 1.165) is 21.4 Å². The van der Waals surface area contributed by atoms with Gasteiger partial charge in [-0.15, -0.1) is 69.1 Å². The van der Waals surface area contributed by atoms with Crippen LogP contribution in [0.3, 0.4) is 0 Å². The molecule has 0 heterocycles. The molecule has 0 aliphatic heterocycles. The van der Waals surface area contributed by atoms with E-state index in [1.54, 1.807) is 0 Å². The summed E-state index contributed by atoms with van der Waals surface area (Å²) in [5, 5.41) is 5.63. The molecule has 58 heavy (non-hydrogen) atoms. The van der Waals surface area contributed by atoms with Gasteiger partial charge in [-0.2, -0.15) is 12.1 Å². The molecule has 2 radical (unpaired) electrons. The first-order valence-electron chi connectivity index (χ1n) is 22.0. The van der Waals surface area contributed by atoms with Gasteiger partial charge in [-0.05, 0) is 57.8 Å². The fourth-order valence-corrected chi connectivity index (χ4v) is 9.08. The molecule has 0 aromatic heterocycles. The molecule has 0 saturated heterocycles. The number of fused-ring (bicyclic) bond motifs is 2. The number of halogens is 2. The summed E-state index contributed by atoms with van der Waals surface area (Å²) in [5.41, 5.74) is 11.7. The van der Waals surface area contributed by atoms with Gasteiger partial charge in [-0.25, -0.2) is 0 Å². The Kier molecular flexibility index (Phi) is 18.2. The van der Waals surface area contributed by atoms with Crippen LogP contribution in [0.15, 0.2) is 109 Å². The van der Waals surface area contributed by atoms with Crippen LogP contribution in [0.4, 0.5) is 0 Å². The van der Waals surface area contributed by atoms with Crippen molar-refractivity contribution in [3.05, 3.63) is 131 Å². The summed E-state index contributed by atoms with van der Waals surface area (Å²) in [6.07, 6.45) is 16.8. The maximum atomic E-state index is 4.93. The molecule has 4 heteroatoms. The summed E-state index contributed by atoms with van der Waals surface area (Å²) in [6.45, 7) is 18.0. The van der Waals surface area contributed by atoms with E-state index in [9.17, 15) is 0 Å². The van der Waals surface area contributed by atoms with Crippen LogP contribution in [0.2, 0.25) is 13.1 Å². The molecule has 0 bridgehead atoms. The number of benzene rings is 4. The Morgan fingerprint density at radius 1 is 0.534 bits per heavy atom. The molecule has 8 rings (SSSR count). The molecule has 0 amide bonds. The van der Waals surface area contributed by atoms with Gasteiger partial charge >= 0.3 is 37.9 Å². The zero-order valence-corrected chi connectivity index (χ0v) is 41.8. The van der Waals surface area contributed by atoms with E-state index in [1.807, 2.05) is 0 Å². The van der Waals surface area contributed by atoms with Crippen molar-refractivity contribution >= 4 is 48.1 Å². The van der Waals surface area contributed by atoms with Gasteiger partial charge in [-0.3, -0.25) is 0 Å². The Hall–Kier alpha value is -2.22. The van der Waals surface area contributed by atoms with Crippen molar-refractivity contribution in [3.63, 3.8) is 0 Å². The normalized spacial score (nSPS) is 15.1. The zero-order chi connectivity index (χ0) is 41.7. The van der Waals surface area contributed by atoms with Crippen molar-refractivity contribution in [3.8, 4) is 22.3 Å². The summed E-state index contributed by atoms with van der Waals surface area (Å²) >= 11 is -0.826. The summed E-state index contributed by atoms with van der Waals surface area (Å²) in [7, 11) is 11.0. The third-order valence-electron chi connectivity index (χ3n) is 12.2. The van der Waals surface area contributed by atoms with Gasteiger partial charge in [0, 0.05) is 9.52 Å². The van der Waals surface area contributed by atoms with Gasteiger partial charge in [0.2, 0.25) is 0 Å². The topological polar surface area (TPSA) is 0 Å². The Balaban J connectivity index is 0.000000195. The molecular weight excluding hydrogens is 839 g/mol. The van der Waals surface area contributed by atoms with E-state index in [2.05, 4.69) is 164 Å². The van der Waals surface area contributed by atoms with Gasteiger partial charge in [0.15, 0.2) is 0 Å². The van der Waals surface area contributed by atoms with E-state index in [-0.39, 0.29) is 10.8 Å². The monoisotopic (exact) mass is 904 g/mol. The van der Waals surface area contributed by atoms with Gasteiger partial charge < -0.3 is 0 Å². The van der Waals surface area contributed by atoms with Crippen molar-refractivity contribution < 1.29 is 20.8 Å². The fourth-order valence-electron chi connectivity index (χ4n) is 9.08. The van der Waals surface area contributed by atoms with Gasteiger partial charge in [0.1, 0.15) is 0 Å². The van der Waals surface area contributed by atoms with Gasteiger partial charge in [0.05, 0.1) is 0 Å². The van der Waals surface area contributed by atoms with Crippen LogP contribution < -0.4 is 0 Å². The minimum absolute atomic E-state index is 0.206. The fraction of sp³-hybridized carbons (Fsp3) is 0.444. The molecule has 306 valence electrons. The van der Waals surface area contributed by atoms with Gasteiger partial charge in [-0.1, -0.05) is 191 Å². The van der Waals surface area contributed by atoms with E-state index in [0.29, 0.717) is 0 Å². The Morgan fingerprint density at radius 2 is 0.862 bits per heavy atom. The van der Waals surface area contributed by atoms with Crippen LogP contribution in [-0.4, -0.2) is 9.52 Å². The van der Waals surface area contributed by atoms with E-state index < -0.39 is 20.8 Å². The molecular formula is C54H68Cl2SiZr. The molecule has 6 aromatic carbocycles. The van der Waals surface area contributed by atoms with Crippen LogP contribution in [0, 0.1) is 11.8 Å². The van der Waals surface area contributed by atoms with Crippen LogP contribution in [0.5, 0.6) is 0 Å². The van der Waals surface area contributed by atoms with Crippen LogP contribution in [0.1, 0.15) is 128 Å². The van der Waals surface area contributed by atoms with Crippen molar-refractivity contribution in [1.82, 2.24) is 0 Å². The van der Waals surface area contributed by atoms with E-state index in [4.69, 9.17) is 17.0 Å². The number of rotatable bonds is 6. The van der Waals surface area contributed by atoms with Crippen LogP contribution in [-0.2, 0) is 44.5 Å². The zero-order valence-electron chi connectivity index (χ0n) is 36.8. The molecule has 2 saturated carbocycles. The number of hydrogen-bond acceptors (Lipinski definition) is 0. The number of hydrogen-bond donors (Lipinski definition) is 0. The van der Waals surface area contributed by atoms with Crippen molar-refractivity contribution in [2.45, 2.75) is 143 Å². The molecule has 2 fully saturated rings. The Labute approximate surface area is 374 Å². The average molecular weight is 907 g/mol. The molecule has 0 spiro atoms. The van der Waals surface area contributed by atoms with Crippen LogP contribution in [0.25, 0.3) is 43.8 Å². The molecule has 2 aliphatic rings. The third kappa shape index (κ3) is 13.4. The molecule has 0 N–H and O–H groups in total. The Morgan fingerprint density at radius 3 is 1.17 bits per heavy atom. The average Bonchev–Trinajstić information content (AvgIpc) is 3.82. The van der Waals surface area contributed by atoms with Crippen molar-refractivity contribution in [1.29, 1.82) is 0 Å². The molecule has 0 unspecified atom stereocenters. The first kappa shape index (κ1) is 46.8. The Bertz CT molecular complexity index is 1940. The third-order valence-corrected chi connectivity index (χ3v) is 12.2. The second kappa shape index (κ2) is 22.6. The van der Waals surface area contributed by atoms with Crippen molar-refractivity contribution in [2.24, 2.45) is 11.8 Å². The first-order chi connectivity index (χ1) is 27.8. The second-order valence-electron chi connectivity index (χ2n) is 19.0. The summed E-state index contributed by atoms with van der Waals surface area (Å²) in [5.74, 6) is 1.80. The first-order valence-corrected chi connectivity index (χ1v) is 30.3. The van der Waals surface area contributed by atoms with Gasteiger partial charge in [0.25, 0.3) is 0 Å². The molecule has 0 nitrogen and oxygen atoms in total. The standard InChI is InChI=1S/2C26H31.C2H6Si.2ClH.Zr/c2*1-26(2,3)23-14-12-21(13-15-23)24-11-7-10-22-17-20(18-25(22)24)16-19-8-5-4-6-9-19;1-3-2;;;/h2*7,10-15,17-19H,4-6,8-9,16H2,1-3H3;1-2H3;2*1H;/q2*-1;;;;+4/p-2. The molecule has 6 aromatic rings. The summed E-state index contributed by atoms with van der Waals surface area (Å²) < 4.78 is 0. The quantitative estimate of drug-likeness (QED) is 0.115. The SMILES string of the molecule is CC(C)(C)c1ccc(-c2cccc3[cH-]c(CC4CCCCC4)cc23)cc1.CC(C)(C)c1ccc(-c2cccc3[cH-]c(CC4CCCCC4)cc23)cc1.C[Si]C.[Cl][Zr+2][Cl]. The predicted molar refractivity (Wildman–Crippen MR) is 257 cm³/mol. The van der Waals surface area contributed by atoms with E-state index in [1.165, 1.54) is 143 Å². The summed E-state index contributed by atoms with van der Waals surface area (Å²) in [6, 6.07) is 41.6. The molecule has 2 aliphatic carbocycles. The predicted octanol–water partition coefficient (Wildman–Crippen LogP) is 17.5. The minimum atomic E-state index is -0.826. The molecule has 0 atom stereocenters.